The molecule has 0 aliphatic carbocycles. The Bertz CT molecular complexity index is 883. The number of carbonyl (C=O) groups is 2. The Kier molecular flexibility index (Phi) is 6.54. The number of hydrogen-bond acceptors (Lipinski definition) is 6. The van der Waals surface area contributed by atoms with Gasteiger partial charge in [-0.05, 0) is 53.9 Å². The number of methoxy groups -OCH3 is 2. The summed E-state index contributed by atoms with van der Waals surface area (Å²) in [4.78, 5) is 25.8. The fourth-order valence-corrected chi connectivity index (χ4v) is 3.04. The van der Waals surface area contributed by atoms with Crippen LogP contribution in [0.1, 0.15) is 11.1 Å². The first-order chi connectivity index (χ1) is 14.0. The van der Waals surface area contributed by atoms with Crippen LogP contribution in [0.4, 0.5) is 4.39 Å². The average Bonchev–Trinajstić information content (AvgIpc) is 2.75. The van der Waals surface area contributed by atoms with Crippen molar-refractivity contribution in [2.45, 2.75) is 13.0 Å². The van der Waals surface area contributed by atoms with E-state index < -0.39 is 11.8 Å². The Hall–Kier alpha value is -3.29. The first-order valence-electron chi connectivity index (χ1n) is 9.05. The molecule has 0 spiro atoms. The van der Waals surface area contributed by atoms with E-state index in [2.05, 4.69) is 0 Å². The van der Waals surface area contributed by atoms with Gasteiger partial charge in [0.2, 0.25) is 0 Å². The minimum atomic E-state index is -0.675. The number of halogens is 1. The highest BCUT2D eigenvalue weighted by Crippen LogP contribution is 2.33. The highest BCUT2D eigenvalue weighted by molar-refractivity contribution is 5.81. The molecule has 0 fully saturated rings. The van der Waals surface area contributed by atoms with Gasteiger partial charge in [0, 0.05) is 13.1 Å². The molecule has 1 heterocycles. The zero-order valence-electron chi connectivity index (χ0n) is 16.3. The molecular formula is C21H22FNO6. The molecule has 0 saturated heterocycles. The summed E-state index contributed by atoms with van der Waals surface area (Å²) in [5.41, 5.74) is 2.06. The summed E-state index contributed by atoms with van der Waals surface area (Å²) in [7, 11) is 3.14. The molecule has 0 bridgehead atoms. The summed E-state index contributed by atoms with van der Waals surface area (Å²) in [6, 6.07) is 9.04. The lowest BCUT2D eigenvalue weighted by Gasteiger charge is -2.29. The zero-order chi connectivity index (χ0) is 20.8. The molecule has 0 atom stereocenters. The number of rotatable bonds is 7. The Morgan fingerprint density at radius 2 is 1.66 bits per heavy atom. The molecule has 8 heteroatoms. The van der Waals surface area contributed by atoms with Crippen molar-refractivity contribution in [2.75, 3.05) is 34.0 Å². The normalized spacial score (nSPS) is 12.7. The largest absolute Gasteiger partial charge is 0.493 e. The van der Waals surface area contributed by atoms with Crippen LogP contribution in [0.3, 0.4) is 0 Å². The second-order valence-corrected chi connectivity index (χ2v) is 6.44. The van der Waals surface area contributed by atoms with Crippen molar-refractivity contribution in [1.82, 2.24) is 4.90 Å². The molecule has 0 unspecified atom stereocenters. The van der Waals surface area contributed by atoms with Gasteiger partial charge >= 0.3 is 5.97 Å². The van der Waals surface area contributed by atoms with E-state index in [9.17, 15) is 14.0 Å². The van der Waals surface area contributed by atoms with Gasteiger partial charge in [0.05, 0.1) is 14.2 Å². The van der Waals surface area contributed by atoms with Gasteiger partial charge in [0.1, 0.15) is 11.6 Å². The van der Waals surface area contributed by atoms with E-state index >= 15 is 0 Å². The van der Waals surface area contributed by atoms with E-state index in [-0.39, 0.29) is 19.1 Å². The van der Waals surface area contributed by atoms with Crippen LogP contribution in [-0.4, -0.2) is 50.8 Å². The number of amides is 1. The number of benzene rings is 2. The van der Waals surface area contributed by atoms with Crippen LogP contribution in [0.2, 0.25) is 0 Å². The van der Waals surface area contributed by atoms with E-state index in [4.69, 9.17) is 18.9 Å². The molecule has 154 valence electrons. The maximum absolute atomic E-state index is 12.8. The lowest BCUT2D eigenvalue weighted by atomic mass is 9.99. The van der Waals surface area contributed by atoms with Crippen molar-refractivity contribution in [3.8, 4) is 17.2 Å². The van der Waals surface area contributed by atoms with Crippen LogP contribution in [-0.2, 0) is 27.3 Å². The fraction of sp³-hybridized carbons (Fsp3) is 0.333. The zero-order valence-corrected chi connectivity index (χ0v) is 16.3. The number of esters is 1. The van der Waals surface area contributed by atoms with Crippen LogP contribution in [0.5, 0.6) is 17.2 Å². The van der Waals surface area contributed by atoms with E-state index in [1.807, 2.05) is 12.1 Å². The van der Waals surface area contributed by atoms with Crippen LogP contribution >= 0.6 is 0 Å². The SMILES string of the molecule is COc1cc2c(cc1OC)CN(C(=O)COC(=O)COc1ccc(F)cc1)CC2. The number of ether oxygens (including phenoxy) is 4. The molecule has 0 aromatic heterocycles. The first kappa shape index (κ1) is 20.4. The molecule has 7 nitrogen and oxygen atoms in total. The number of hydrogen-bond donors (Lipinski definition) is 0. The van der Waals surface area contributed by atoms with Gasteiger partial charge in [-0.3, -0.25) is 4.79 Å². The van der Waals surface area contributed by atoms with E-state index in [1.165, 1.54) is 24.3 Å². The van der Waals surface area contributed by atoms with Crippen molar-refractivity contribution in [3.05, 3.63) is 53.3 Å². The number of nitrogens with zero attached hydrogens (tertiary/aromatic N) is 1. The average molecular weight is 403 g/mol. The summed E-state index contributed by atoms with van der Waals surface area (Å²) in [5, 5.41) is 0. The van der Waals surface area contributed by atoms with Crippen LogP contribution < -0.4 is 14.2 Å². The third kappa shape index (κ3) is 5.16. The fourth-order valence-electron chi connectivity index (χ4n) is 3.04. The number of fused-ring (bicyclic) bond motifs is 1. The molecule has 0 N–H and O–H groups in total. The summed E-state index contributed by atoms with van der Waals surface area (Å²) < 4.78 is 33.7. The molecule has 1 aliphatic rings. The quantitative estimate of drug-likeness (QED) is 0.661. The number of carbonyl (C=O) groups excluding carboxylic acids is 2. The monoisotopic (exact) mass is 403 g/mol. The van der Waals surface area contributed by atoms with E-state index in [0.717, 1.165) is 11.1 Å². The van der Waals surface area contributed by atoms with Gasteiger partial charge < -0.3 is 23.8 Å². The molecule has 2 aromatic carbocycles. The van der Waals surface area contributed by atoms with Crippen LogP contribution in [0.25, 0.3) is 0 Å². The van der Waals surface area contributed by atoms with Gasteiger partial charge in [-0.25, -0.2) is 9.18 Å². The molecular weight excluding hydrogens is 381 g/mol. The van der Waals surface area contributed by atoms with E-state index in [0.29, 0.717) is 36.8 Å². The Morgan fingerprint density at radius 3 is 2.31 bits per heavy atom. The van der Waals surface area contributed by atoms with Crippen molar-refractivity contribution < 1.29 is 32.9 Å². The molecule has 3 rings (SSSR count). The lowest BCUT2D eigenvalue weighted by Crippen LogP contribution is -2.39. The minimum absolute atomic E-state index is 0.291. The van der Waals surface area contributed by atoms with Gasteiger partial charge in [0.15, 0.2) is 24.7 Å². The van der Waals surface area contributed by atoms with Crippen molar-refractivity contribution in [3.63, 3.8) is 0 Å². The van der Waals surface area contributed by atoms with Crippen LogP contribution in [0, 0.1) is 5.82 Å². The van der Waals surface area contributed by atoms with Crippen molar-refractivity contribution in [1.29, 1.82) is 0 Å². The van der Waals surface area contributed by atoms with Gasteiger partial charge in [-0.2, -0.15) is 0 Å². The molecule has 29 heavy (non-hydrogen) atoms. The topological polar surface area (TPSA) is 74.3 Å². The standard InChI is InChI=1S/C21H22FNO6/c1-26-18-9-14-7-8-23(11-15(14)10-19(18)27-2)20(24)12-29-21(25)13-28-17-5-3-16(22)4-6-17/h3-6,9-10H,7-8,11-13H2,1-2H3. The highest BCUT2D eigenvalue weighted by atomic mass is 19.1. The molecule has 1 amide bonds. The third-order valence-corrected chi connectivity index (χ3v) is 4.60. The van der Waals surface area contributed by atoms with Crippen LogP contribution in [0.15, 0.2) is 36.4 Å². The minimum Gasteiger partial charge on any atom is -0.493 e. The lowest BCUT2D eigenvalue weighted by molar-refractivity contribution is -0.154. The predicted molar refractivity (Wildman–Crippen MR) is 102 cm³/mol. The third-order valence-electron chi connectivity index (χ3n) is 4.60. The molecule has 0 radical (unpaired) electrons. The predicted octanol–water partition coefficient (Wildman–Crippen LogP) is 2.35. The van der Waals surface area contributed by atoms with Crippen molar-refractivity contribution >= 4 is 11.9 Å². The summed E-state index contributed by atoms with van der Waals surface area (Å²) in [5.74, 6) is 0.231. The molecule has 1 aliphatic heterocycles. The van der Waals surface area contributed by atoms with Gasteiger partial charge in [-0.15, -0.1) is 0 Å². The van der Waals surface area contributed by atoms with E-state index in [1.54, 1.807) is 19.1 Å². The summed E-state index contributed by atoms with van der Waals surface area (Å²) in [6.45, 7) is 0.191. The Labute approximate surface area is 167 Å². The van der Waals surface area contributed by atoms with Gasteiger partial charge in [0.25, 0.3) is 5.91 Å². The second-order valence-electron chi connectivity index (χ2n) is 6.44. The highest BCUT2D eigenvalue weighted by Gasteiger charge is 2.23. The summed E-state index contributed by atoms with van der Waals surface area (Å²) >= 11 is 0. The molecule has 2 aromatic rings. The van der Waals surface area contributed by atoms with Gasteiger partial charge in [-0.1, -0.05) is 0 Å². The summed E-state index contributed by atoms with van der Waals surface area (Å²) in [6.07, 6.45) is 0.670. The van der Waals surface area contributed by atoms with Crippen molar-refractivity contribution in [2.24, 2.45) is 0 Å². The Balaban J connectivity index is 1.50. The maximum atomic E-state index is 12.8. The maximum Gasteiger partial charge on any atom is 0.344 e. The molecule has 0 saturated carbocycles. The Morgan fingerprint density at radius 1 is 1.00 bits per heavy atom. The first-order valence-corrected chi connectivity index (χ1v) is 9.05. The smallest absolute Gasteiger partial charge is 0.344 e. The second kappa shape index (κ2) is 9.27.